The third kappa shape index (κ3) is 2.91. The minimum Gasteiger partial charge on any atom is -0.484 e. The molecule has 1 atom stereocenters. The zero-order valence-electron chi connectivity index (χ0n) is 13.8. The second-order valence-corrected chi connectivity index (χ2v) is 6.04. The third-order valence-corrected chi connectivity index (χ3v) is 4.25. The lowest BCUT2D eigenvalue weighted by Crippen LogP contribution is -2.22. The number of rotatable bonds is 4. The van der Waals surface area contributed by atoms with Gasteiger partial charge in [0.1, 0.15) is 17.1 Å². The molecule has 0 spiro atoms. The molecular formula is C19H13FN2O5. The quantitative estimate of drug-likeness (QED) is 0.727. The number of hydrogen-bond donors (Lipinski definition) is 2. The molecular weight excluding hydrogens is 355 g/mol. The molecule has 1 aliphatic heterocycles. The van der Waals surface area contributed by atoms with Crippen LogP contribution in [0.4, 0.5) is 4.39 Å². The first-order valence-corrected chi connectivity index (χ1v) is 8.02. The Hall–Kier alpha value is -3.68. The van der Waals surface area contributed by atoms with Crippen molar-refractivity contribution in [2.45, 2.75) is 6.04 Å². The van der Waals surface area contributed by atoms with Gasteiger partial charge in [-0.3, -0.25) is 14.4 Å². The van der Waals surface area contributed by atoms with Gasteiger partial charge in [0.05, 0.1) is 17.0 Å². The second-order valence-electron chi connectivity index (χ2n) is 6.04. The molecule has 1 aliphatic rings. The van der Waals surface area contributed by atoms with Gasteiger partial charge < -0.3 is 20.2 Å². The number of halogens is 1. The molecule has 1 aromatic heterocycles. The van der Waals surface area contributed by atoms with Crippen LogP contribution in [0.15, 0.2) is 51.7 Å². The molecule has 0 fully saturated rings. The number of hydrogen-bond acceptors (Lipinski definition) is 5. The molecule has 0 saturated heterocycles. The second kappa shape index (κ2) is 6.24. The predicted octanol–water partition coefficient (Wildman–Crippen LogP) is 1.63. The largest absolute Gasteiger partial charge is 0.484 e. The van der Waals surface area contributed by atoms with Gasteiger partial charge in [0.15, 0.2) is 12.0 Å². The van der Waals surface area contributed by atoms with Crippen LogP contribution >= 0.6 is 0 Å². The Bertz CT molecular complexity index is 1140. The van der Waals surface area contributed by atoms with Crippen molar-refractivity contribution >= 4 is 22.8 Å². The van der Waals surface area contributed by atoms with E-state index in [1.54, 1.807) is 24.3 Å². The molecule has 27 heavy (non-hydrogen) atoms. The van der Waals surface area contributed by atoms with Gasteiger partial charge in [0.2, 0.25) is 5.76 Å². The lowest BCUT2D eigenvalue weighted by atomic mass is 9.99. The highest BCUT2D eigenvalue weighted by molar-refractivity contribution is 5.98. The first kappa shape index (κ1) is 16.8. The number of nitrogens with one attached hydrogen (secondary N) is 1. The molecule has 2 heterocycles. The maximum atomic E-state index is 13.5. The molecule has 3 aromatic rings. The minimum absolute atomic E-state index is 0.0664. The SMILES string of the molecule is NC(=O)COc1ccc([C@H]2NC(=O)c3oc4ccc(F)cc4c(=O)c32)cc1. The van der Waals surface area contributed by atoms with Crippen LogP contribution in [0.2, 0.25) is 0 Å². The van der Waals surface area contributed by atoms with Crippen LogP contribution in [0.3, 0.4) is 0 Å². The maximum Gasteiger partial charge on any atom is 0.288 e. The third-order valence-electron chi connectivity index (χ3n) is 4.25. The summed E-state index contributed by atoms with van der Waals surface area (Å²) in [4.78, 5) is 35.9. The van der Waals surface area contributed by atoms with E-state index in [9.17, 15) is 18.8 Å². The smallest absolute Gasteiger partial charge is 0.288 e. The van der Waals surface area contributed by atoms with E-state index in [-0.39, 0.29) is 28.9 Å². The number of ether oxygens (including phenoxy) is 1. The molecule has 0 unspecified atom stereocenters. The Kier molecular flexibility index (Phi) is 3.88. The zero-order chi connectivity index (χ0) is 19.1. The van der Waals surface area contributed by atoms with Crippen molar-refractivity contribution < 1.29 is 23.1 Å². The number of benzene rings is 2. The molecule has 3 N–H and O–H groups in total. The van der Waals surface area contributed by atoms with Gasteiger partial charge in [-0.05, 0) is 35.9 Å². The van der Waals surface area contributed by atoms with Crippen molar-refractivity contribution in [2.24, 2.45) is 5.73 Å². The van der Waals surface area contributed by atoms with Crippen molar-refractivity contribution in [3.63, 3.8) is 0 Å². The summed E-state index contributed by atoms with van der Waals surface area (Å²) < 4.78 is 24.3. The van der Waals surface area contributed by atoms with Crippen LogP contribution in [-0.2, 0) is 4.79 Å². The number of carbonyl (C=O) groups is 2. The summed E-state index contributed by atoms with van der Waals surface area (Å²) in [6, 6.07) is 9.29. The van der Waals surface area contributed by atoms with E-state index in [0.29, 0.717) is 11.3 Å². The molecule has 0 saturated carbocycles. The van der Waals surface area contributed by atoms with Crippen LogP contribution in [0, 0.1) is 5.82 Å². The lowest BCUT2D eigenvalue weighted by molar-refractivity contribution is -0.119. The van der Waals surface area contributed by atoms with Gasteiger partial charge in [-0.2, -0.15) is 0 Å². The van der Waals surface area contributed by atoms with E-state index in [4.69, 9.17) is 14.9 Å². The fourth-order valence-electron chi connectivity index (χ4n) is 3.04. The molecule has 2 aromatic carbocycles. The van der Waals surface area contributed by atoms with Crippen LogP contribution in [0.1, 0.15) is 27.7 Å². The van der Waals surface area contributed by atoms with Crippen molar-refractivity contribution in [1.82, 2.24) is 5.32 Å². The Labute approximate surface area is 151 Å². The number of primary amides is 1. The highest BCUT2D eigenvalue weighted by Crippen LogP contribution is 2.31. The van der Waals surface area contributed by atoms with Gasteiger partial charge in [-0.15, -0.1) is 0 Å². The van der Waals surface area contributed by atoms with Crippen LogP contribution in [-0.4, -0.2) is 18.4 Å². The Morgan fingerprint density at radius 2 is 1.93 bits per heavy atom. The molecule has 8 heteroatoms. The lowest BCUT2D eigenvalue weighted by Gasteiger charge is -2.12. The number of fused-ring (bicyclic) bond motifs is 2. The fraction of sp³-hybridized carbons (Fsp3) is 0.105. The van der Waals surface area contributed by atoms with Crippen LogP contribution in [0.25, 0.3) is 11.0 Å². The van der Waals surface area contributed by atoms with Gasteiger partial charge in [0, 0.05) is 0 Å². The van der Waals surface area contributed by atoms with Crippen LogP contribution in [0.5, 0.6) is 5.75 Å². The number of carbonyl (C=O) groups excluding carboxylic acids is 2. The van der Waals surface area contributed by atoms with Crippen molar-refractivity contribution in [2.75, 3.05) is 6.61 Å². The highest BCUT2D eigenvalue weighted by atomic mass is 19.1. The van der Waals surface area contributed by atoms with Crippen molar-refractivity contribution in [3.05, 3.63) is 75.4 Å². The number of nitrogens with two attached hydrogens (primary N) is 1. The van der Waals surface area contributed by atoms with E-state index in [0.717, 1.165) is 12.1 Å². The molecule has 0 aliphatic carbocycles. The van der Waals surface area contributed by atoms with E-state index in [1.165, 1.54) is 6.07 Å². The normalized spacial score (nSPS) is 15.4. The first-order valence-electron chi connectivity index (χ1n) is 8.02. The van der Waals surface area contributed by atoms with Gasteiger partial charge in [-0.1, -0.05) is 12.1 Å². The van der Waals surface area contributed by atoms with Crippen LogP contribution < -0.4 is 21.2 Å². The summed E-state index contributed by atoms with van der Waals surface area (Å²) in [7, 11) is 0. The molecule has 7 nitrogen and oxygen atoms in total. The van der Waals surface area contributed by atoms with E-state index in [2.05, 4.69) is 5.32 Å². The van der Waals surface area contributed by atoms with Crippen molar-refractivity contribution in [1.29, 1.82) is 0 Å². The standard InChI is InChI=1S/C19H13FN2O5/c20-10-3-6-13-12(7-10)17(24)15-16(22-19(25)18(15)27-13)9-1-4-11(5-2-9)26-8-14(21)23/h1-7,16H,8H2,(H2,21,23)(H,22,25)/t16-/m1/s1. The first-order chi connectivity index (χ1) is 12.9. The summed E-state index contributed by atoms with van der Waals surface area (Å²) >= 11 is 0. The fourth-order valence-corrected chi connectivity index (χ4v) is 3.04. The summed E-state index contributed by atoms with van der Waals surface area (Å²) in [5, 5.41) is 2.76. The molecule has 136 valence electrons. The zero-order valence-corrected chi connectivity index (χ0v) is 13.8. The summed E-state index contributed by atoms with van der Waals surface area (Å²) in [6.45, 7) is -0.260. The molecule has 0 radical (unpaired) electrons. The average molecular weight is 368 g/mol. The highest BCUT2D eigenvalue weighted by Gasteiger charge is 2.35. The molecule has 0 bridgehead atoms. The predicted molar refractivity (Wildman–Crippen MR) is 92.9 cm³/mol. The summed E-state index contributed by atoms with van der Waals surface area (Å²) in [5.74, 6) is -1.37. The Balaban J connectivity index is 1.76. The Morgan fingerprint density at radius 1 is 1.19 bits per heavy atom. The summed E-state index contributed by atoms with van der Waals surface area (Å²) in [5.41, 5.74) is 5.44. The monoisotopic (exact) mass is 368 g/mol. The minimum atomic E-state index is -0.735. The van der Waals surface area contributed by atoms with Gasteiger partial charge >= 0.3 is 0 Å². The van der Waals surface area contributed by atoms with Gasteiger partial charge in [-0.25, -0.2) is 4.39 Å². The Morgan fingerprint density at radius 3 is 2.63 bits per heavy atom. The molecule has 2 amide bonds. The van der Waals surface area contributed by atoms with E-state index < -0.39 is 29.1 Å². The van der Waals surface area contributed by atoms with Crippen molar-refractivity contribution in [3.8, 4) is 5.75 Å². The number of amides is 2. The van der Waals surface area contributed by atoms with E-state index >= 15 is 0 Å². The van der Waals surface area contributed by atoms with Gasteiger partial charge in [0.25, 0.3) is 11.8 Å². The average Bonchev–Trinajstić information content (AvgIpc) is 2.98. The van der Waals surface area contributed by atoms with E-state index in [1.807, 2.05) is 0 Å². The molecule has 4 rings (SSSR count). The maximum absolute atomic E-state index is 13.5. The summed E-state index contributed by atoms with van der Waals surface area (Å²) in [6.07, 6.45) is 0. The topological polar surface area (TPSA) is 112 Å².